The van der Waals surface area contributed by atoms with Gasteiger partial charge < -0.3 is 5.73 Å². The van der Waals surface area contributed by atoms with Gasteiger partial charge >= 0.3 is 0 Å². The average molecular weight is 169 g/mol. The lowest BCUT2D eigenvalue weighted by Gasteiger charge is -2.18. The predicted molar refractivity (Wildman–Crippen MR) is 45.9 cm³/mol. The average Bonchev–Trinajstić information content (AvgIpc) is 2.89. The molecule has 0 aromatic carbocycles. The SMILES string of the molecule is CC1(C2(N=C(N)NO)CC2)CC1. The molecule has 4 heteroatoms. The summed E-state index contributed by atoms with van der Waals surface area (Å²) in [6.45, 7) is 2.24. The number of aliphatic imine (C=N–C) groups is 1. The lowest BCUT2D eigenvalue weighted by atomic mass is 9.97. The first-order valence-corrected chi connectivity index (χ1v) is 4.37. The molecule has 0 atom stereocenters. The van der Waals surface area contributed by atoms with Gasteiger partial charge in [0.25, 0.3) is 0 Å². The summed E-state index contributed by atoms with van der Waals surface area (Å²) in [5.74, 6) is 0.153. The van der Waals surface area contributed by atoms with Crippen molar-refractivity contribution in [3.8, 4) is 0 Å². The number of hydroxylamine groups is 1. The molecule has 68 valence electrons. The number of rotatable bonds is 2. The Morgan fingerprint density at radius 1 is 1.42 bits per heavy atom. The molecule has 0 spiro atoms. The second kappa shape index (κ2) is 2.13. The fourth-order valence-corrected chi connectivity index (χ4v) is 1.88. The van der Waals surface area contributed by atoms with Crippen molar-refractivity contribution in [2.45, 2.75) is 38.1 Å². The van der Waals surface area contributed by atoms with Gasteiger partial charge in [0.1, 0.15) is 0 Å². The molecule has 2 aliphatic carbocycles. The minimum Gasteiger partial charge on any atom is -0.368 e. The number of nitrogens with two attached hydrogens (primary N) is 1. The maximum absolute atomic E-state index is 8.51. The second-order valence-corrected chi connectivity index (χ2v) is 4.20. The van der Waals surface area contributed by atoms with Crippen molar-refractivity contribution in [1.29, 1.82) is 0 Å². The van der Waals surface area contributed by atoms with Crippen LogP contribution in [-0.2, 0) is 0 Å². The van der Waals surface area contributed by atoms with Crippen LogP contribution in [0.25, 0.3) is 0 Å². The number of nitrogens with one attached hydrogen (secondary N) is 1. The third-order valence-electron chi connectivity index (χ3n) is 3.30. The second-order valence-electron chi connectivity index (χ2n) is 4.20. The fourth-order valence-electron chi connectivity index (χ4n) is 1.88. The Labute approximate surface area is 71.8 Å². The molecular weight excluding hydrogens is 154 g/mol. The summed E-state index contributed by atoms with van der Waals surface area (Å²) in [6.07, 6.45) is 4.72. The van der Waals surface area contributed by atoms with E-state index in [0.29, 0.717) is 5.41 Å². The molecule has 0 heterocycles. The molecule has 0 aromatic heterocycles. The van der Waals surface area contributed by atoms with Crippen LogP contribution in [0.3, 0.4) is 0 Å². The molecule has 2 fully saturated rings. The minimum atomic E-state index is 0.0623. The van der Waals surface area contributed by atoms with Gasteiger partial charge in [-0.3, -0.25) is 5.21 Å². The van der Waals surface area contributed by atoms with E-state index in [1.165, 1.54) is 12.8 Å². The van der Waals surface area contributed by atoms with Crippen LogP contribution in [0.5, 0.6) is 0 Å². The Morgan fingerprint density at radius 3 is 2.33 bits per heavy atom. The third-order valence-corrected chi connectivity index (χ3v) is 3.30. The highest BCUT2D eigenvalue weighted by Gasteiger charge is 2.63. The van der Waals surface area contributed by atoms with Gasteiger partial charge in [-0.05, 0) is 31.1 Å². The maximum atomic E-state index is 8.51. The quantitative estimate of drug-likeness (QED) is 0.322. The predicted octanol–water partition coefficient (Wildman–Crippen LogP) is 0.613. The van der Waals surface area contributed by atoms with Gasteiger partial charge in [-0.1, -0.05) is 6.92 Å². The zero-order valence-corrected chi connectivity index (χ0v) is 7.30. The summed E-state index contributed by atoms with van der Waals surface area (Å²) in [5.41, 5.74) is 7.73. The highest BCUT2D eigenvalue weighted by molar-refractivity contribution is 5.77. The standard InChI is InChI=1S/C8H15N3O/c1-7(2-3-7)8(4-5-8)10-6(9)11-12/h12H,2-5H2,1H3,(H3,9,10,11). The van der Waals surface area contributed by atoms with Crippen LogP contribution in [0.1, 0.15) is 32.6 Å². The van der Waals surface area contributed by atoms with Crippen molar-refractivity contribution in [3.05, 3.63) is 0 Å². The van der Waals surface area contributed by atoms with Crippen molar-refractivity contribution in [2.75, 3.05) is 0 Å². The van der Waals surface area contributed by atoms with Gasteiger partial charge in [0, 0.05) is 0 Å². The van der Waals surface area contributed by atoms with Gasteiger partial charge in [0.2, 0.25) is 5.96 Å². The van der Waals surface area contributed by atoms with Crippen LogP contribution in [0, 0.1) is 5.41 Å². The molecule has 2 aliphatic rings. The molecule has 0 amide bonds. The third kappa shape index (κ3) is 0.982. The van der Waals surface area contributed by atoms with Gasteiger partial charge in [-0.25, -0.2) is 10.5 Å². The number of hydrogen-bond acceptors (Lipinski definition) is 2. The summed E-state index contributed by atoms with van der Waals surface area (Å²) in [7, 11) is 0. The van der Waals surface area contributed by atoms with Crippen molar-refractivity contribution in [1.82, 2.24) is 5.48 Å². The molecule has 0 aliphatic heterocycles. The highest BCUT2D eigenvalue weighted by Crippen LogP contribution is 2.65. The highest BCUT2D eigenvalue weighted by atomic mass is 16.5. The lowest BCUT2D eigenvalue weighted by Crippen LogP contribution is -2.33. The van der Waals surface area contributed by atoms with E-state index >= 15 is 0 Å². The van der Waals surface area contributed by atoms with E-state index in [1.54, 1.807) is 0 Å². The Hall–Kier alpha value is -0.770. The summed E-state index contributed by atoms with van der Waals surface area (Å²) in [4.78, 5) is 4.31. The lowest BCUT2D eigenvalue weighted by molar-refractivity contribution is 0.230. The van der Waals surface area contributed by atoms with E-state index in [4.69, 9.17) is 10.9 Å². The maximum Gasteiger partial charge on any atom is 0.213 e. The van der Waals surface area contributed by atoms with E-state index in [1.807, 2.05) is 5.48 Å². The normalized spacial score (nSPS) is 29.7. The zero-order chi connectivity index (χ0) is 8.82. The number of guanidine groups is 1. The summed E-state index contributed by atoms with van der Waals surface area (Å²) in [5, 5.41) is 8.51. The van der Waals surface area contributed by atoms with Crippen molar-refractivity contribution >= 4 is 5.96 Å². The first-order chi connectivity index (χ1) is 5.62. The van der Waals surface area contributed by atoms with Crippen molar-refractivity contribution in [3.63, 3.8) is 0 Å². The van der Waals surface area contributed by atoms with Gasteiger partial charge in [0.05, 0.1) is 5.54 Å². The molecule has 0 radical (unpaired) electrons. The van der Waals surface area contributed by atoms with Crippen LogP contribution in [0.2, 0.25) is 0 Å². The van der Waals surface area contributed by atoms with Crippen LogP contribution < -0.4 is 11.2 Å². The Kier molecular flexibility index (Phi) is 1.39. The molecule has 2 rings (SSSR count). The molecule has 4 N–H and O–H groups in total. The number of nitrogens with zero attached hydrogens (tertiary/aromatic N) is 1. The smallest absolute Gasteiger partial charge is 0.213 e. The van der Waals surface area contributed by atoms with Crippen LogP contribution in [0.4, 0.5) is 0 Å². The molecule has 0 unspecified atom stereocenters. The first-order valence-electron chi connectivity index (χ1n) is 4.37. The summed E-state index contributed by atoms with van der Waals surface area (Å²) < 4.78 is 0. The molecular formula is C8H15N3O. The molecule has 4 nitrogen and oxygen atoms in total. The van der Waals surface area contributed by atoms with E-state index in [-0.39, 0.29) is 11.5 Å². The number of hydrogen-bond donors (Lipinski definition) is 3. The molecule has 12 heavy (non-hydrogen) atoms. The van der Waals surface area contributed by atoms with Crippen molar-refractivity contribution < 1.29 is 5.21 Å². The first kappa shape index (κ1) is 7.86. The van der Waals surface area contributed by atoms with Gasteiger partial charge in [0.15, 0.2) is 0 Å². The molecule has 0 aromatic rings. The molecule has 2 saturated carbocycles. The van der Waals surface area contributed by atoms with Gasteiger partial charge in [-0.2, -0.15) is 0 Å². The van der Waals surface area contributed by atoms with Crippen LogP contribution in [-0.4, -0.2) is 16.7 Å². The van der Waals surface area contributed by atoms with Crippen LogP contribution >= 0.6 is 0 Å². The van der Waals surface area contributed by atoms with Gasteiger partial charge in [-0.15, -0.1) is 0 Å². The Balaban J connectivity index is 2.12. The fraction of sp³-hybridized carbons (Fsp3) is 0.875. The Morgan fingerprint density at radius 2 is 2.00 bits per heavy atom. The minimum absolute atomic E-state index is 0.0623. The van der Waals surface area contributed by atoms with Crippen LogP contribution in [0.15, 0.2) is 4.99 Å². The molecule has 0 bridgehead atoms. The summed E-state index contributed by atoms with van der Waals surface area (Å²) in [6, 6.07) is 0. The topological polar surface area (TPSA) is 70.6 Å². The van der Waals surface area contributed by atoms with E-state index in [9.17, 15) is 0 Å². The Bertz CT molecular complexity index is 228. The summed E-state index contributed by atoms with van der Waals surface area (Å²) >= 11 is 0. The molecule has 0 saturated heterocycles. The van der Waals surface area contributed by atoms with E-state index in [0.717, 1.165) is 12.8 Å². The largest absolute Gasteiger partial charge is 0.368 e. The zero-order valence-electron chi connectivity index (χ0n) is 7.30. The van der Waals surface area contributed by atoms with E-state index < -0.39 is 0 Å². The van der Waals surface area contributed by atoms with Crippen molar-refractivity contribution in [2.24, 2.45) is 16.1 Å². The van der Waals surface area contributed by atoms with E-state index in [2.05, 4.69) is 11.9 Å². The monoisotopic (exact) mass is 169 g/mol.